The molecular formula is C20H19ClN2O3S. The number of thiazole rings is 1. The number of rotatable bonds is 6. The van der Waals surface area contributed by atoms with Gasteiger partial charge in [0.25, 0.3) is 5.91 Å². The lowest BCUT2D eigenvalue weighted by Gasteiger charge is -2.11. The lowest BCUT2D eigenvalue weighted by atomic mass is 10.1. The highest BCUT2D eigenvalue weighted by molar-refractivity contribution is 7.09. The number of carbonyl (C=O) groups is 1. The summed E-state index contributed by atoms with van der Waals surface area (Å²) in [4.78, 5) is 17.0. The first-order chi connectivity index (χ1) is 13.0. The molecule has 0 bridgehead atoms. The molecule has 0 spiro atoms. The maximum atomic E-state index is 12.6. The van der Waals surface area contributed by atoms with Crippen molar-refractivity contribution in [3.63, 3.8) is 0 Å². The van der Waals surface area contributed by atoms with Gasteiger partial charge < -0.3 is 14.8 Å². The van der Waals surface area contributed by atoms with Gasteiger partial charge >= 0.3 is 0 Å². The first-order valence-electron chi connectivity index (χ1n) is 8.23. The Hall–Kier alpha value is -2.57. The van der Waals surface area contributed by atoms with Gasteiger partial charge in [-0.15, -0.1) is 11.3 Å². The first-order valence-corrected chi connectivity index (χ1v) is 9.48. The summed E-state index contributed by atoms with van der Waals surface area (Å²) in [5.41, 5.74) is 2.89. The van der Waals surface area contributed by atoms with E-state index in [0.717, 1.165) is 21.9 Å². The maximum absolute atomic E-state index is 12.6. The lowest BCUT2D eigenvalue weighted by molar-refractivity contribution is 0.102. The van der Waals surface area contributed by atoms with Crippen LogP contribution in [0.15, 0.2) is 41.8 Å². The Morgan fingerprint density at radius 2 is 1.93 bits per heavy atom. The van der Waals surface area contributed by atoms with Crippen LogP contribution in [0.25, 0.3) is 0 Å². The van der Waals surface area contributed by atoms with Crippen LogP contribution in [0.3, 0.4) is 0 Å². The molecule has 0 aliphatic carbocycles. The van der Waals surface area contributed by atoms with E-state index < -0.39 is 0 Å². The van der Waals surface area contributed by atoms with Crippen molar-refractivity contribution in [3.8, 4) is 11.5 Å². The Morgan fingerprint density at radius 1 is 1.19 bits per heavy atom. The third kappa shape index (κ3) is 4.59. The molecule has 0 saturated heterocycles. The number of halogens is 1. The van der Waals surface area contributed by atoms with Gasteiger partial charge in [-0.2, -0.15) is 0 Å². The van der Waals surface area contributed by atoms with E-state index in [1.165, 1.54) is 18.4 Å². The zero-order chi connectivity index (χ0) is 19.4. The number of amides is 1. The monoisotopic (exact) mass is 402 g/mol. The molecule has 2 aromatic carbocycles. The molecule has 7 heteroatoms. The van der Waals surface area contributed by atoms with E-state index in [1.807, 2.05) is 31.2 Å². The van der Waals surface area contributed by atoms with Crippen LogP contribution in [0, 0.1) is 6.92 Å². The van der Waals surface area contributed by atoms with Crippen LogP contribution >= 0.6 is 22.9 Å². The van der Waals surface area contributed by atoms with Crippen molar-refractivity contribution in [2.24, 2.45) is 0 Å². The van der Waals surface area contributed by atoms with E-state index in [9.17, 15) is 4.79 Å². The predicted molar refractivity (Wildman–Crippen MR) is 109 cm³/mol. The van der Waals surface area contributed by atoms with Crippen molar-refractivity contribution in [1.29, 1.82) is 0 Å². The number of methoxy groups -OCH3 is 2. The molecular weight excluding hydrogens is 384 g/mol. The van der Waals surface area contributed by atoms with Crippen LogP contribution in [0.1, 0.15) is 26.6 Å². The van der Waals surface area contributed by atoms with Crippen molar-refractivity contribution in [1.82, 2.24) is 4.98 Å². The van der Waals surface area contributed by atoms with Gasteiger partial charge in [0.1, 0.15) is 17.2 Å². The Balaban J connectivity index is 1.72. The number of ether oxygens (including phenoxy) is 2. The Morgan fingerprint density at radius 3 is 2.59 bits per heavy atom. The number of benzene rings is 2. The first kappa shape index (κ1) is 19.2. The molecule has 1 N–H and O–H groups in total. The average molecular weight is 403 g/mol. The minimum absolute atomic E-state index is 0.285. The van der Waals surface area contributed by atoms with Gasteiger partial charge in [0.05, 0.1) is 24.9 Å². The second-order valence-electron chi connectivity index (χ2n) is 5.91. The molecule has 0 aliphatic rings. The van der Waals surface area contributed by atoms with Crippen LogP contribution in [-0.2, 0) is 6.42 Å². The van der Waals surface area contributed by atoms with Gasteiger partial charge in [-0.05, 0) is 36.2 Å². The highest BCUT2D eigenvalue weighted by atomic mass is 35.5. The third-order valence-corrected chi connectivity index (χ3v) is 5.28. The largest absolute Gasteiger partial charge is 0.497 e. The highest BCUT2D eigenvalue weighted by Gasteiger charge is 2.15. The lowest BCUT2D eigenvalue weighted by Crippen LogP contribution is -2.13. The molecule has 0 radical (unpaired) electrons. The molecule has 27 heavy (non-hydrogen) atoms. The van der Waals surface area contributed by atoms with E-state index in [0.29, 0.717) is 28.6 Å². The Kier molecular flexibility index (Phi) is 5.98. The fraction of sp³-hybridized carbons (Fsp3) is 0.200. The zero-order valence-electron chi connectivity index (χ0n) is 15.2. The van der Waals surface area contributed by atoms with Gasteiger partial charge in [-0.25, -0.2) is 4.98 Å². The van der Waals surface area contributed by atoms with Gasteiger partial charge in [0, 0.05) is 22.9 Å². The van der Waals surface area contributed by atoms with Gasteiger partial charge in [0.15, 0.2) is 0 Å². The van der Waals surface area contributed by atoms with Gasteiger partial charge in [-0.3, -0.25) is 4.79 Å². The van der Waals surface area contributed by atoms with Crippen molar-refractivity contribution in [2.75, 3.05) is 19.5 Å². The summed E-state index contributed by atoms with van der Waals surface area (Å²) in [6.45, 7) is 1.87. The number of carbonyl (C=O) groups excluding carboxylic acids is 1. The Bertz CT molecular complexity index is 954. The quantitative estimate of drug-likeness (QED) is 0.632. The summed E-state index contributed by atoms with van der Waals surface area (Å²) in [6, 6.07) is 11.3. The number of anilines is 1. The smallest absolute Gasteiger partial charge is 0.275 e. The van der Waals surface area contributed by atoms with Crippen LogP contribution in [0.4, 0.5) is 5.69 Å². The number of aromatic nitrogens is 1. The fourth-order valence-electron chi connectivity index (χ4n) is 2.53. The van der Waals surface area contributed by atoms with Crippen LogP contribution in [-0.4, -0.2) is 25.1 Å². The third-order valence-electron chi connectivity index (χ3n) is 4.03. The molecule has 3 aromatic rings. The van der Waals surface area contributed by atoms with Crippen molar-refractivity contribution in [2.45, 2.75) is 13.3 Å². The van der Waals surface area contributed by atoms with E-state index in [2.05, 4.69) is 10.3 Å². The van der Waals surface area contributed by atoms with E-state index in [-0.39, 0.29) is 5.91 Å². The highest BCUT2D eigenvalue weighted by Crippen LogP contribution is 2.31. The number of nitrogens with one attached hydrogen (secondary N) is 1. The second-order valence-corrected chi connectivity index (χ2v) is 7.26. The summed E-state index contributed by atoms with van der Waals surface area (Å²) in [7, 11) is 3.17. The summed E-state index contributed by atoms with van der Waals surface area (Å²) >= 11 is 7.56. The number of hydrogen-bond donors (Lipinski definition) is 1. The normalized spacial score (nSPS) is 10.5. The van der Waals surface area contributed by atoms with Crippen LogP contribution in [0.5, 0.6) is 11.5 Å². The molecule has 1 heterocycles. The number of aryl methyl sites for hydroxylation is 1. The predicted octanol–water partition coefficient (Wildman–Crippen LogP) is 4.97. The van der Waals surface area contributed by atoms with Crippen molar-refractivity contribution < 1.29 is 14.3 Å². The van der Waals surface area contributed by atoms with Gasteiger partial charge in [-0.1, -0.05) is 23.7 Å². The van der Waals surface area contributed by atoms with E-state index >= 15 is 0 Å². The molecule has 0 atom stereocenters. The molecule has 0 fully saturated rings. The van der Waals surface area contributed by atoms with E-state index in [4.69, 9.17) is 21.1 Å². The van der Waals surface area contributed by atoms with Gasteiger partial charge in [0.2, 0.25) is 0 Å². The van der Waals surface area contributed by atoms with Crippen molar-refractivity contribution >= 4 is 34.5 Å². The molecule has 140 valence electrons. The number of hydrogen-bond acceptors (Lipinski definition) is 5. The summed E-state index contributed by atoms with van der Waals surface area (Å²) in [6.07, 6.45) is 0.658. The summed E-state index contributed by atoms with van der Waals surface area (Å²) < 4.78 is 10.5. The molecule has 0 unspecified atom stereocenters. The maximum Gasteiger partial charge on any atom is 0.275 e. The topological polar surface area (TPSA) is 60.5 Å². The molecule has 1 amide bonds. The number of nitrogens with zero attached hydrogens (tertiary/aromatic N) is 1. The Labute approximate surface area is 166 Å². The molecule has 0 saturated carbocycles. The molecule has 0 aliphatic heterocycles. The SMILES string of the molecule is COc1ccc(Cc2nc(C(=O)Nc3cc(C)c(Cl)cc3OC)cs2)cc1. The average Bonchev–Trinajstić information content (AvgIpc) is 3.13. The molecule has 5 nitrogen and oxygen atoms in total. The van der Waals surface area contributed by atoms with Crippen LogP contribution in [0.2, 0.25) is 5.02 Å². The summed E-state index contributed by atoms with van der Waals surface area (Å²) in [5, 5.41) is 6.05. The minimum atomic E-state index is -0.285. The second kappa shape index (κ2) is 8.41. The van der Waals surface area contributed by atoms with Crippen LogP contribution < -0.4 is 14.8 Å². The minimum Gasteiger partial charge on any atom is -0.497 e. The fourth-order valence-corrected chi connectivity index (χ4v) is 3.49. The van der Waals surface area contributed by atoms with E-state index in [1.54, 1.807) is 24.6 Å². The summed E-state index contributed by atoms with van der Waals surface area (Å²) in [5.74, 6) is 1.03. The zero-order valence-corrected chi connectivity index (χ0v) is 16.8. The molecule has 3 rings (SSSR count). The molecule has 1 aromatic heterocycles. The standard InChI is InChI=1S/C20H19ClN2O3S/c1-12-8-16(18(26-3)10-15(12)21)23-20(24)17-11-27-19(22-17)9-13-4-6-14(25-2)7-5-13/h4-8,10-11H,9H2,1-3H3,(H,23,24). The van der Waals surface area contributed by atoms with Crippen molar-refractivity contribution in [3.05, 3.63) is 68.6 Å².